The van der Waals surface area contributed by atoms with Crippen LogP contribution >= 0.6 is 0 Å². The van der Waals surface area contributed by atoms with Gasteiger partial charge in [-0.15, -0.1) is 0 Å². The molecule has 0 fully saturated rings. The summed E-state index contributed by atoms with van der Waals surface area (Å²) in [5.74, 6) is -0.860. The fourth-order valence-electron chi connectivity index (χ4n) is 0.378. The SMILES string of the molecule is CNC(=O)NCC(O)C(N)=O. The normalized spacial score (nSPS) is 11.8. The van der Waals surface area contributed by atoms with Gasteiger partial charge in [-0.05, 0) is 0 Å². The number of nitrogens with one attached hydrogen (secondary N) is 2. The maximum Gasteiger partial charge on any atom is 0.314 e. The summed E-state index contributed by atoms with van der Waals surface area (Å²) in [6.07, 6.45) is -1.33. The molecule has 0 aliphatic heterocycles. The first-order valence-electron chi connectivity index (χ1n) is 3.01. The first-order valence-corrected chi connectivity index (χ1v) is 3.01. The van der Waals surface area contributed by atoms with Crippen molar-refractivity contribution in [2.24, 2.45) is 5.73 Å². The molecule has 0 aliphatic carbocycles. The molecular weight excluding hydrogens is 150 g/mol. The first-order chi connectivity index (χ1) is 5.07. The molecule has 0 bridgehead atoms. The molecule has 5 N–H and O–H groups in total. The molecule has 0 aromatic carbocycles. The fourth-order valence-corrected chi connectivity index (χ4v) is 0.378. The largest absolute Gasteiger partial charge is 0.381 e. The maximum atomic E-state index is 10.5. The monoisotopic (exact) mass is 161 g/mol. The zero-order valence-electron chi connectivity index (χ0n) is 6.13. The molecule has 6 nitrogen and oxygen atoms in total. The van der Waals surface area contributed by atoms with Crippen molar-refractivity contribution in [1.29, 1.82) is 0 Å². The summed E-state index contributed by atoms with van der Waals surface area (Å²) in [6, 6.07) is -0.467. The third-order valence-corrected chi connectivity index (χ3v) is 1.01. The minimum Gasteiger partial charge on any atom is -0.381 e. The number of amides is 3. The van der Waals surface area contributed by atoms with Crippen LogP contribution in [0.5, 0.6) is 0 Å². The zero-order valence-corrected chi connectivity index (χ0v) is 6.13. The zero-order chi connectivity index (χ0) is 8.85. The Morgan fingerprint density at radius 3 is 2.55 bits per heavy atom. The van der Waals surface area contributed by atoms with Gasteiger partial charge in [0.2, 0.25) is 5.91 Å². The molecule has 64 valence electrons. The Morgan fingerprint density at radius 2 is 2.18 bits per heavy atom. The Bertz CT molecular complexity index is 159. The highest BCUT2D eigenvalue weighted by Crippen LogP contribution is 1.76. The smallest absolute Gasteiger partial charge is 0.314 e. The van der Waals surface area contributed by atoms with Crippen molar-refractivity contribution in [3.05, 3.63) is 0 Å². The predicted molar refractivity (Wildman–Crippen MR) is 37.7 cm³/mol. The fraction of sp³-hybridized carbons (Fsp3) is 0.600. The molecule has 0 aromatic heterocycles. The molecule has 0 spiro atoms. The molecule has 6 heteroatoms. The number of carbonyl (C=O) groups excluding carboxylic acids is 2. The Labute approximate surface area is 63.8 Å². The number of aliphatic hydroxyl groups excluding tert-OH is 1. The van der Waals surface area contributed by atoms with E-state index in [1.165, 1.54) is 7.05 Å². The Morgan fingerprint density at radius 1 is 1.64 bits per heavy atom. The van der Waals surface area contributed by atoms with Crippen molar-refractivity contribution in [2.75, 3.05) is 13.6 Å². The van der Waals surface area contributed by atoms with Crippen LogP contribution in [0.2, 0.25) is 0 Å². The highest BCUT2D eigenvalue weighted by molar-refractivity contribution is 5.80. The molecule has 0 saturated carbocycles. The summed E-state index contributed by atoms with van der Waals surface area (Å²) < 4.78 is 0. The minimum atomic E-state index is -1.33. The van der Waals surface area contributed by atoms with Gasteiger partial charge in [0.05, 0.1) is 6.54 Å². The lowest BCUT2D eigenvalue weighted by molar-refractivity contribution is -0.125. The van der Waals surface area contributed by atoms with Crippen molar-refractivity contribution in [2.45, 2.75) is 6.10 Å². The van der Waals surface area contributed by atoms with Gasteiger partial charge in [-0.2, -0.15) is 0 Å². The van der Waals surface area contributed by atoms with Crippen molar-refractivity contribution in [3.8, 4) is 0 Å². The van der Waals surface area contributed by atoms with Gasteiger partial charge < -0.3 is 21.5 Å². The second-order valence-corrected chi connectivity index (χ2v) is 1.88. The average Bonchev–Trinajstić information content (AvgIpc) is 1.99. The van der Waals surface area contributed by atoms with Crippen molar-refractivity contribution in [3.63, 3.8) is 0 Å². The van der Waals surface area contributed by atoms with Crippen LogP contribution in [0.4, 0.5) is 4.79 Å². The highest BCUT2D eigenvalue weighted by atomic mass is 16.3. The quantitative estimate of drug-likeness (QED) is 0.376. The molecule has 11 heavy (non-hydrogen) atoms. The number of rotatable bonds is 3. The molecule has 1 unspecified atom stereocenters. The molecule has 0 aromatic rings. The van der Waals surface area contributed by atoms with E-state index < -0.39 is 18.0 Å². The van der Waals surface area contributed by atoms with Crippen molar-refractivity contribution >= 4 is 11.9 Å². The van der Waals surface area contributed by atoms with E-state index in [4.69, 9.17) is 10.8 Å². The van der Waals surface area contributed by atoms with Gasteiger partial charge in [-0.3, -0.25) is 4.79 Å². The van der Waals surface area contributed by atoms with E-state index in [0.29, 0.717) is 0 Å². The molecule has 0 rings (SSSR count). The van der Waals surface area contributed by atoms with E-state index >= 15 is 0 Å². The second kappa shape index (κ2) is 4.51. The van der Waals surface area contributed by atoms with Gasteiger partial charge in [-0.1, -0.05) is 0 Å². The molecule has 3 amide bonds. The molecule has 1 atom stereocenters. The first kappa shape index (κ1) is 9.70. The van der Waals surface area contributed by atoms with E-state index in [0.717, 1.165) is 0 Å². The minimum absolute atomic E-state index is 0.172. The average molecular weight is 161 g/mol. The van der Waals surface area contributed by atoms with Gasteiger partial charge in [-0.25, -0.2) is 4.79 Å². The number of aliphatic hydroxyl groups is 1. The van der Waals surface area contributed by atoms with E-state index in [1.54, 1.807) is 0 Å². The Hall–Kier alpha value is -1.30. The van der Waals surface area contributed by atoms with Gasteiger partial charge in [0, 0.05) is 7.05 Å². The maximum absolute atomic E-state index is 10.5. The number of urea groups is 1. The van der Waals surface area contributed by atoms with Gasteiger partial charge in [0.1, 0.15) is 6.10 Å². The van der Waals surface area contributed by atoms with E-state index in [9.17, 15) is 9.59 Å². The molecule has 0 saturated heterocycles. The van der Waals surface area contributed by atoms with Crippen LogP contribution in [-0.4, -0.2) is 36.7 Å². The molecule has 0 aliphatic rings. The number of primary amides is 1. The number of hydrogen-bond donors (Lipinski definition) is 4. The highest BCUT2D eigenvalue weighted by Gasteiger charge is 2.10. The lowest BCUT2D eigenvalue weighted by atomic mass is 10.3. The molecular formula is C5H11N3O3. The van der Waals surface area contributed by atoms with Crippen LogP contribution < -0.4 is 16.4 Å². The van der Waals surface area contributed by atoms with E-state index in [-0.39, 0.29) is 6.54 Å². The Kier molecular flexibility index (Phi) is 3.97. The summed E-state index contributed by atoms with van der Waals surface area (Å²) >= 11 is 0. The second-order valence-electron chi connectivity index (χ2n) is 1.88. The van der Waals surface area contributed by atoms with E-state index in [1.807, 2.05) is 0 Å². The Balaban J connectivity index is 3.54. The topological polar surface area (TPSA) is 104 Å². The summed E-state index contributed by atoms with van der Waals surface area (Å²) in [5, 5.41) is 13.2. The van der Waals surface area contributed by atoms with Crippen LogP contribution in [0.25, 0.3) is 0 Å². The van der Waals surface area contributed by atoms with Gasteiger partial charge in [0.25, 0.3) is 0 Å². The lowest BCUT2D eigenvalue weighted by Crippen LogP contribution is -2.42. The summed E-state index contributed by atoms with van der Waals surface area (Å²) in [5.41, 5.74) is 4.70. The number of hydrogen-bond acceptors (Lipinski definition) is 3. The van der Waals surface area contributed by atoms with E-state index in [2.05, 4.69) is 10.6 Å². The summed E-state index contributed by atoms with van der Waals surface area (Å²) in [4.78, 5) is 20.7. The van der Waals surface area contributed by atoms with Crippen LogP contribution in [0.1, 0.15) is 0 Å². The van der Waals surface area contributed by atoms with Crippen LogP contribution in [0, 0.1) is 0 Å². The van der Waals surface area contributed by atoms with Gasteiger partial charge >= 0.3 is 6.03 Å². The van der Waals surface area contributed by atoms with Crippen LogP contribution in [-0.2, 0) is 4.79 Å². The molecule has 0 heterocycles. The standard InChI is InChI=1S/C5H11N3O3/c1-7-5(11)8-2-3(9)4(6)10/h3,9H,2H2,1H3,(H2,6,10)(H2,7,8,11). The third-order valence-electron chi connectivity index (χ3n) is 1.01. The predicted octanol–water partition coefficient (Wildman–Crippen LogP) is -2.24. The van der Waals surface area contributed by atoms with Crippen molar-refractivity contribution < 1.29 is 14.7 Å². The third kappa shape index (κ3) is 4.15. The number of carbonyl (C=O) groups is 2. The van der Waals surface area contributed by atoms with Crippen LogP contribution in [0.3, 0.4) is 0 Å². The summed E-state index contributed by atoms with van der Waals surface area (Å²) in [6.45, 7) is -0.172. The number of nitrogens with two attached hydrogens (primary N) is 1. The van der Waals surface area contributed by atoms with Crippen LogP contribution in [0.15, 0.2) is 0 Å². The summed E-state index contributed by atoms with van der Waals surface area (Å²) in [7, 11) is 1.42. The molecule has 0 radical (unpaired) electrons. The lowest BCUT2D eigenvalue weighted by Gasteiger charge is -2.06. The van der Waals surface area contributed by atoms with Crippen molar-refractivity contribution in [1.82, 2.24) is 10.6 Å². The van der Waals surface area contributed by atoms with Gasteiger partial charge in [0.15, 0.2) is 0 Å².